The van der Waals surface area contributed by atoms with E-state index in [4.69, 9.17) is 14.9 Å². The Kier molecular flexibility index (Phi) is 4.85. The lowest BCUT2D eigenvalue weighted by Crippen LogP contribution is -2.08. The summed E-state index contributed by atoms with van der Waals surface area (Å²) in [7, 11) is 1.39. The van der Waals surface area contributed by atoms with E-state index in [1.54, 1.807) is 6.92 Å². The molecule has 5 heteroatoms. The number of aromatic carboxylic acids is 1. The van der Waals surface area contributed by atoms with Gasteiger partial charge in [-0.2, -0.15) is 0 Å². The lowest BCUT2D eigenvalue weighted by atomic mass is 9.98. The van der Waals surface area contributed by atoms with Crippen LogP contribution in [0.5, 0.6) is 5.75 Å². The van der Waals surface area contributed by atoms with Crippen molar-refractivity contribution in [2.24, 2.45) is 0 Å². The number of aliphatic hydroxyl groups excluding tert-OH is 1. The Labute approximate surface area is 105 Å². The standard InChI is InChI=1S/C13H16O5/c1-8-6-9(13(16)17)7-11(18-2)12(8)10(15)4-3-5-14/h6-7,14H,3-5H2,1-2H3,(H,16,17). The molecule has 0 aliphatic carbocycles. The molecule has 1 aromatic carbocycles. The van der Waals surface area contributed by atoms with E-state index in [1.165, 1.54) is 19.2 Å². The van der Waals surface area contributed by atoms with Gasteiger partial charge in [-0.25, -0.2) is 4.79 Å². The molecule has 1 rings (SSSR count). The SMILES string of the molecule is COc1cc(C(=O)O)cc(C)c1C(=O)CCCO. The number of hydrogen-bond donors (Lipinski definition) is 2. The van der Waals surface area contributed by atoms with Crippen LogP contribution in [-0.4, -0.2) is 35.7 Å². The minimum atomic E-state index is -1.06. The highest BCUT2D eigenvalue weighted by Crippen LogP contribution is 2.26. The van der Waals surface area contributed by atoms with Gasteiger partial charge in [0.1, 0.15) is 5.75 Å². The van der Waals surface area contributed by atoms with Crippen LogP contribution < -0.4 is 4.74 Å². The molecule has 98 valence electrons. The van der Waals surface area contributed by atoms with Crippen LogP contribution in [0.4, 0.5) is 0 Å². The third-order valence-electron chi connectivity index (χ3n) is 2.61. The molecular weight excluding hydrogens is 236 g/mol. The second kappa shape index (κ2) is 6.16. The fourth-order valence-corrected chi connectivity index (χ4v) is 1.76. The van der Waals surface area contributed by atoms with Crippen LogP contribution in [0.1, 0.15) is 39.1 Å². The van der Waals surface area contributed by atoms with Crippen LogP contribution in [0.15, 0.2) is 12.1 Å². The van der Waals surface area contributed by atoms with E-state index >= 15 is 0 Å². The summed E-state index contributed by atoms with van der Waals surface area (Å²) in [6.07, 6.45) is 0.586. The number of carboxylic acid groups (broad SMARTS) is 1. The highest BCUT2D eigenvalue weighted by molar-refractivity contribution is 6.01. The van der Waals surface area contributed by atoms with Gasteiger partial charge >= 0.3 is 5.97 Å². The third kappa shape index (κ3) is 3.07. The van der Waals surface area contributed by atoms with Crippen LogP contribution in [0.2, 0.25) is 0 Å². The zero-order valence-corrected chi connectivity index (χ0v) is 10.4. The van der Waals surface area contributed by atoms with Gasteiger partial charge < -0.3 is 14.9 Å². The van der Waals surface area contributed by atoms with Crippen molar-refractivity contribution in [3.63, 3.8) is 0 Å². The Morgan fingerprint density at radius 2 is 2.00 bits per heavy atom. The molecule has 0 saturated heterocycles. The van der Waals surface area contributed by atoms with Gasteiger partial charge in [-0.3, -0.25) is 4.79 Å². The molecule has 0 heterocycles. The Morgan fingerprint density at radius 3 is 2.50 bits per heavy atom. The molecule has 0 saturated carbocycles. The van der Waals surface area contributed by atoms with Gasteiger partial charge in [0, 0.05) is 13.0 Å². The van der Waals surface area contributed by atoms with E-state index in [2.05, 4.69) is 0 Å². The van der Waals surface area contributed by atoms with Gasteiger partial charge in [0.05, 0.1) is 18.2 Å². The van der Waals surface area contributed by atoms with Crippen LogP contribution in [0, 0.1) is 6.92 Å². The van der Waals surface area contributed by atoms with Crippen molar-refractivity contribution in [3.05, 3.63) is 28.8 Å². The summed E-state index contributed by atoms with van der Waals surface area (Å²) in [4.78, 5) is 22.8. The van der Waals surface area contributed by atoms with E-state index in [-0.39, 0.29) is 30.1 Å². The van der Waals surface area contributed by atoms with E-state index in [9.17, 15) is 9.59 Å². The summed E-state index contributed by atoms with van der Waals surface area (Å²) in [6.45, 7) is 1.61. The second-order valence-corrected chi connectivity index (χ2v) is 3.93. The lowest BCUT2D eigenvalue weighted by molar-refractivity contribution is 0.0695. The minimum absolute atomic E-state index is 0.0552. The molecule has 0 aliphatic heterocycles. The van der Waals surface area contributed by atoms with Gasteiger partial charge in [-0.05, 0) is 31.0 Å². The summed E-state index contributed by atoms with van der Waals surface area (Å²) in [6, 6.07) is 2.78. The molecule has 18 heavy (non-hydrogen) atoms. The number of methoxy groups -OCH3 is 1. The number of rotatable bonds is 6. The number of benzene rings is 1. The van der Waals surface area contributed by atoms with Crippen molar-refractivity contribution in [2.45, 2.75) is 19.8 Å². The fraction of sp³-hybridized carbons (Fsp3) is 0.385. The van der Waals surface area contributed by atoms with Gasteiger partial charge in [0.15, 0.2) is 5.78 Å². The van der Waals surface area contributed by atoms with E-state index < -0.39 is 5.97 Å². The fourth-order valence-electron chi connectivity index (χ4n) is 1.76. The van der Waals surface area contributed by atoms with Crippen molar-refractivity contribution in [3.8, 4) is 5.75 Å². The predicted octanol–water partition coefficient (Wildman–Crippen LogP) is 1.66. The molecule has 2 N–H and O–H groups in total. The summed E-state index contributed by atoms with van der Waals surface area (Å²) in [5.74, 6) is -0.962. The normalized spacial score (nSPS) is 10.2. The highest BCUT2D eigenvalue weighted by atomic mass is 16.5. The number of carbonyl (C=O) groups is 2. The molecule has 0 aromatic heterocycles. The first-order valence-corrected chi connectivity index (χ1v) is 5.57. The third-order valence-corrected chi connectivity index (χ3v) is 2.61. The Morgan fingerprint density at radius 1 is 1.33 bits per heavy atom. The van der Waals surface area contributed by atoms with Crippen LogP contribution in [0.25, 0.3) is 0 Å². The molecule has 0 spiro atoms. The maximum atomic E-state index is 11.9. The monoisotopic (exact) mass is 252 g/mol. The number of carboxylic acids is 1. The maximum Gasteiger partial charge on any atom is 0.335 e. The van der Waals surface area contributed by atoms with E-state index in [0.717, 1.165) is 0 Å². The zero-order chi connectivity index (χ0) is 13.7. The number of Topliss-reactive ketones (excluding diaryl/α,β-unsaturated/α-hetero) is 1. The smallest absolute Gasteiger partial charge is 0.335 e. The molecule has 0 fully saturated rings. The van der Waals surface area contributed by atoms with Gasteiger partial charge in [0.2, 0.25) is 0 Å². The Bertz CT molecular complexity index is 465. The topological polar surface area (TPSA) is 83.8 Å². The van der Waals surface area contributed by atoms with Crippen molar-refractivity contribution < 1.29 is 24.5 Å². The molecule has 0 atom stereocenters. The predicted molar refractivity (Wildman–Crippen MR) is 65.3 cm³/mol. The van der Waals surface area contributed by atoms with Crippen molar-refractivity contribution >= 4 is 11.8 Å². The quantitative estimate of drug-likeness (QED) is 0.752. The van der Waals surface area contributed by atoms with Crippen molar-refractivity contribution in [1.29, 1.82) is 0 Å². The first kappa shape index (κ1) is 14.2. The molecular formula is C13H16O5. The zero-order valence-electron chi connectivity index (χ0n) is 10.4. The maximum absolute atomic E-state index is 11.9. The largest absolute Gasteiger partial charge is 0.496 e. The minimum Gasteiger partial charge on any atom is -0.496 e. The number of ketones is 1. The van der Waals surface area contributed by atoms with E-state index in [0.29, 0.717) is 17.5 Å². The molecule has 1 aromatic rings. The summed E-state index contributed by atoms with van der Waals surface area (Å²) >= 11 is 0. The lowest BCUT2D eigenvalue weighted by Gasteiger charge is -2.11. The molecule has 0 radical (unpaired) electrons. The number of aryl methyl sites for hydroxylation is 1. The molecule has 0 unspecified atom stereocenters. The molecule has 0 bridgehead atoms. The van der Waals surface area contributed by atoms with E-state index in [1.807, 2.05) is 0 Å². The summed E-state index contributed by atoms with van der Waals surface area (Å²) in [5, 5.41) is 17.6. The Hall–Kier alpha value is -1.88. The average Bonchev–Trinajstić information content (AvgIpc) is 2.34. The van der Waals surface area contributed by atoms with Crippen LogP contribution in [-0.2, 0) is 0 Å². The first-order valence-electron chi connectivity index (χ1n) is 5.57. The highest BCUT2D eigenvalue weighted by Gasteiger charge is 2.18. The number of hydrogen-bond acceptors (Lipinski definition) is 4. The van der Waals surface area contributed by atoms with Crippen LogP contribution >= 0.6 is 0 Å². The van der Waals surface area contributed by atoms with Crippen molar-refractivity contribution in [2.75, 3.05) is 13.7 Å². The number of aliphatic hydroxyl groups is 1. The van der Waals surface area contributed by atoms with Gasteiger partial charge in [0.25, 0.3) is 0 Å². The number of carbonyl (C=O) groups excluding carboxylic acids is 1. The average molecular weight is 252 g/mol. The Balaban J connectivity index is 3.18. The summed E-state index contributed by atoms with van der Waals surface area (Å²) in [5.41, 5.74) is 1.04. The second-order valence-electron chi connectivity index (χ2n) is 3.93. The molecule has 0 amide bonds. The molecule has 5 nitrogen and oxygen atoms in total. The first-order chi connectivity index (χ1) is 8.51. The van der Waals surface area contributed by atoms with Gasteiger partial charge in [-0.1, -0.05) is 0 Å². The summed E-state index contributed by atoms with van der Waals surface area (Å²) < 4.78 is 5.07. The van der Waals surface area contributed by atoms with Crippen molar-refractivity contribution in [1.82, 2.24) is 0 Å². The van der Waals surface area contributed by atoms with Gasteiger partial charge in [-0.15, -0.1) is 0 Å². The number of ether oxygens (including phenoxy) is 1. The van der Waals surface area contributed by atoms with Crippen LogP contribution in [0.3, 0.4) is 0 Å². The molecule has 0 aliphatic rings.